The smallest absolute Gasteiger partial charge is 0.251 e. The summed E-state index contributed by atoms with van der Waals surface area (Å²) in [5, 5.41) is 7.29. The molecule has 3 aromatic rings. The Hall–Kier alpha value is -2.96. The molecule has 4 N–H and O–H groups in total. The molecule has 0 aliphatic heterocycles. The summed E-state index contributed by atoms with van der Waals surface area (Å²) in [4.78, 5) is 11.3. The first kappa shape index (κ1) is 19.8. The SMILES string of the molecule is NC(=O)c1cccc(-c2ccc(NC(=S)NCc3cccc(Cl)c3)cc2)c1F. The minimum Gasteiger partial charge on any atom is -0.366 e. The Bertz CT molecular complexity index is 1020. The molecule has 0 bridgehead atoms. The van der Waals surface area contributed by atoms with Crippen molar-refractivity contribution < 1.29 is 9.18 Å². The molecule has 3 rings (SSSR count). The fourth-order valence-corrected chi connectivity index (χ4v) is 3.09. The molecule has 0 fully saturated rings. The van der Waals surface area contributed by atoms with E-state index in [1.165, 1.54) is 6.07 Å². The highest BCUT2D eigenvalue weighted by Crippen LogP contribution is 2.26. The fourth-order valence-electron chi connectivity index (χ4n) is 2.68. The van der Waals surface area contributed by atoms with Gasteiger partial charge in [-0.25, -0.2) is 4.39 Å². The zero-order valence-corrected chi connectivity index (χ0v) is 16.3. The fraction of sp³-hybridized carbons (Fsp3) is 0.0476. The van der Waals surface area contributed by atoms with E-state index in [0.717, 1.165) is 11.3 Å². The highest BCUT2D eigenvalue weighted by Gasteiger charge is 2.13. The van der Waals surface area contributed by atoms with Gasteiger partial charge in [-0.2, -0.15) is 0 Å². The van der Waals surface area contributed by atoms with Crippen molar-refractivity contribution in [1.82, 2.24) is 5.32 Å². The number of anilines is 1. The van der Waals surface area contributed by atoms with Crippen molar-refractivity contribution in [3.05, 3.63) is 88.7 Å². The molecule has 1 amide bonds. The summed E-state index contributed by atoms with van der Waals surface area (Å²) in [5.74, 6) is -1.43. The highest BCUT2D eigenvalue weighted by molar-refractivity contribution is 7.80. The Morgan fingerprint density at radius 2 is 1.79 bits per heavy atom. The molecular weight excluding hydrogens is 397 g/mol. The van der Waals surface area contributed by atoms with Crippen LogP contribution in [0.4, 0.5) is 10.1 Å². The summed E-state index contributed by atoms with van der Waals surface area (Å²) in [5.41, 5.74) is 7.77. The average Bonchev–Trinajstić information content (AvgIpc) is 2.67. The van der Waals surface area contributed by atoms with Gasteiger partial charge in [0.25, 0.3) is 5.91 Å². The standard InChI is InChI=1S/C21H17ClFN3OS/c22-15-4-1-3-13(11-15)12-25-21(28)26-16-9-7-14(8-10-16)17-5-2-6-18(19(17)23)20(24)27/h1-11H,12H2,(H2,24,27)(H2,25,26,28). The third-order valence-electron chi connectivity index (χ3n) is 4.06. The molecule has 0 aliphatic rings. The van der Waals surface area contributed by atoms with Gasteiger partial charge in [-0.05, 0) is 53.7 Å². The average molecular weight is 414 g/mol. The molecule has 142 valence electrons. The Balaban J connectivity index is 1.65. The van der Waals surface area contributed by atoms with E-state index < -0.39 is 11.7 Å². The van der Waals surface area contributed by atoms with Gasteiger partial charge in [0.2, 0.25) is 0 Å². The zero-order chi connectivity index (χ0) is 20.1. The van der Waals surface area contributed by atoms with Crippen molar-refractivity contribution >= 4 is 40.5 Å². The molecule has 0 aliphatic carbocycles. The van der Waals surface area contributed by atoms with Gasteiger partial charge in [-0.3, -0.25) is 4.79 Å². The maximum absolute atomic E-state index is 14.5. The Kier molecular flexibility index (Phi) is 6.23. The minimum absolute atomic E-state index is 0.133. The van der Waals surface area contributed by atoms with Gasteiger partial charge in [-0.1, -0.05) is 48.0 Å². The summed E-state index contributed by atoms with van der Waals surface area (Å²) in [6, 6.07) is 19.1. The number of rotatable bonds is 5. The van der Waals surface area contributed by atoms with Crippen LogP contribution in [0.25, 0.3) is 11.1 Å². The number of nitrogens with two attached hydrogens (primary N) is 1. The summed E-state index contributed by atoms with van der Waals surface area (Å²) >= 11 is 11.3. The largest absolute Gasteiger partial charge is 0.366 e. The van der Waals surface area contributed by atoms with E-state index in [4.69, 9.17) is 29.6 Å². The van der Waals surface area contributed by atoms with Crippen molar-refractivity contribution in [2.45, 2.75) is 6.54 Å². The van der Waals surface area contributed by atoms with E-state index in [1.807, 2.05) is 24.3 Å². The monoisotopic (exact) mass is 413 g/mol. The summed E-state index contributed by atoms with van der Waals surface area (Å²) < 4.78 is 14.5. The van der Waals surface area contributed by atoms with Gasteiger partial charge in [0.1, 0.15) is 5.82 Å². The normalized spacial score (nSPS) is 10.4. The van der Waals surface area contributed by atoms with Gasteiger partial charge in [0.05, 0.1) is 5.56 Å². The number of benzene rings is 3. The van der Waals surface area contributed by atoms with Crippen molar-refractivity contribution in [2.75, 3.05) is 5.32 Å². The van der Waals surface area contributed by atoms with Gasteiger partial charge in [0.15, 0.2) is 5.11 Å². The highest BCUT2D eigenvalue weighted by atomic mass is 35.5. The van der Waals surface area contributed by atoms with E-state index in [2.05, 4.69) is 10.6 Å². The molecule has 4 nitrogen and oxygen atoms in total. The topological polar surface area (TPSA) is 67.2 Å². The van der Waals surface area contributed by atoms with Crippen LogP contribution in [0.2, 0.25) is 5.02 Å². The molecule has 0 saturated carbocycles. The third-order valence-corrected chi connectivity index (χ3v) is 4.54. The summed E-state index contributed by atoms with van der Waals surface area (Å²) in [6.07, 6.45) is 0. The van der Waals surface area contributed by atoms with Crippen LogP contribution in [-0.4, -0.2) is 11.0 Å². The maximum Gasteiger partial charge on any atom is 0.251 e. The Labute approximate surface area is 172 Å². The third kappa shape index (κ3) is 4.85. The van der Waals surface area contributed by atoms with E-state index >= 15 is 0 Å². The first-order chi connectivity index (χ1) is 13.4. The van der Waals surface area contributed by atoms with Gasteiger partial charge < -0.3 is 16.4 Å². The molecule has 0 heterocycles. The van der Waals surface area contributed by atoms with Crippen molar-refractivity contribution in [2.24, 2.45) is 5.73 Å². The lowest BCUT2D eigenvalue weighted by molar-refractivity contribution is 0.0996. The molecule has 0 unspecified atom stereocenters. The number of carbonyl (C=O) groups is 1. The number of thiocarbonyl (C=S) groups is 1. The van der Waals surface area contributed by atoms with Crippen LogP contribution in [0.15, 0.2) is 66.7 Å². The number of primary amides is 1. The minimum atomic E-state index is -0.797. The lowest BCUT2D eigenvalue weighted by Gasteiger charge is -2.12. The number of hydrogen-bond donors (Lipinski definition) is 3. The number of halogens is 2. The van der Waals surface area contributed by atoms with Gasteiger partial charge in [0, 0.05) is 22.8 Å². The Morgan fingerprint density at radius 3 is 2.46 bits per heavy atom. The van der Waals surface area contributed by atoms with Crippen LogP contribution < -0.4 is 16.4 Å². The second-order valence-corrected chi connectivity index (χ2v) is 6.89. The van der Waals surface area contributed by atoms with Crippen molar-refractivity contribution in [1.29, 1.82) is 0 Å². The van der Waals surface area contributed by atoms with E-state index in [-0.39, 0.29) is 5.56 Å². The molecule has 0 saturated heterocycles. The predicted octanol–water partition coefficient (Wildman–Crippen LogP) is 4.73. The van der Waals surface area contributed by atoms with E-state index in [0.29, 0.717) is 27.8 Å². The number of nitrogens with one attached hydrogen (secondary N) is 2. The van der Waals surface area contributed by atoms with Crippen LogP contribution in [-0.2, 0) is 6.54 Å². The summed E-state index contributed by atoms with van der Waals surface area (Å²) in [7, 11) is 0. The molecule has 0 spiro atoms. The zero-order valence-electron chi connectivity index (χ0n) is 14.7. The quantitative estimate of drug-likeness (QED) is 0.529. The van der Waals surface area contributed by atoms with E-state index in [1.54, 1.807) is 36.4 Å². The Morgan fingerprint density at radius 1 is 1.07 bits per heavy atom. The van der Waals surface area contributed by atoms with Crippen LogP contribution in [0, 0.1) is 5.82 Å². The molecule has 3 aromatic carbocycles. The second kappa shape index (κ2) is 8.82. The van der Waals surface area contributed by atoms with Crippen LogP contribution >= 0.6 is 23.8 Å². The number of amides is 1. The molecule has 28 heavy (non-hydrogen) atoms. The van der Waals surface area contributed by atoms with Crippen molar-refractivity contribution in [3.63, 3.8) is 0 Å². The maximum atomic E-state index is 14.5. The van der Waals surface area contributed by atoms with Crippen LogP contribution in [0.1, 0.15) is 15.9 Å². The van der Waals surface area contributed by atoms with Crippen LogP contribution in [0.5, 0.6) is 0 Å². The lowest BCUT2D eigenvalue weighted by Crippen LogP contribution is -2.27. The lowest BCUT2D eigenvalue weighted by atomic mass is 10.0. The van der Waals surface area contributed by atoms with Gasteiger partial charge >= 0.3 is 0 Å². The molecule has 0 aromatic heterocycles. The second-order valence-electron chi connectivity index (χ2n) is 6.05. The molecule has 7 heteroatoms. The van der Waals surface area contributed by atoms with Gasteiger partial charge in [-0.15, -0.1) is 0 Å². The molecule has 0 radical (unpaired) electrons. The van der Waals surface area contributed by atoms with Crippen molar-refractivity contribution in [3.8, 4) is 11.1 Å². The van der Waals surface area contributed by atoms with E-state index in [9.17, 15) is 9.18 Å². The predicted molar refractivity (Wildman–Crippen MR) is 115 cm³/mol. The summed E-state index contributed by atoms with van der Waals surface area (Å²) in [6.45, 7) is 0.537. The molecular formula is C21H17ClFN3OS. The number of carbonyl (C=O) groups excluding carboxylic acids is 1. The number of hydrogen-bond acceptors (Lipinski definition) is 2. The first-order valence-electron chi connectivity index (χ1n) is 8.42. The first-order valence-corrected chi connectivity index (χ1v) is 9.20. The van der Waals surface area contributed by atoms with Crippen LogP contribution in [0.3, 0.4) is 0 Å². The molecule has 0 atom stereocenters.